The number of hydrogen-bond acceptors (Lipinski definition) is 1. The van der Waals surface area contributed by atoms with Gasteiger partial charge in [0.2, 0.25) is 0 Å². The van der Waals surface area contributed by atoms with Gasteiger partial charge in [0, 0.05) is 17.8 Å². The topological polar surface area (TPSA) is 12.0 Å². The van der Waals surface area contributed by atoms with Gasteiger partial charge in [-0.25, -0.2) is 8.78 Å². The van der Waals surface area contributed by atoms with E-state index in [0.717, 1.165) is 0 Å². The van der Waals surface area contributed by atoms with Crippen molar-refractivity contribution in [2.45, 2.75) is 6.54 Å². The minimum atomic E-state index is -0.490. The number of hydrogen-bond donors (Lipinski definition) is 1. The van der Waals surface area contributed by atoms with E-state index in [-0.39, 0.29) is 16.6 Å². The van der Waals surface area contributed by atoms with E-state index in [4.69, 9.17) is 23.2 Å². The predicted octanol–water partition coefficient (Wildman–Crippen LogP) is 4.88. The minimum absolute atomic E-state index is 0.0200. The van der Waals surface area contributed by atoms with Gasteiger partial charge in [-0.3, -0.25) is 0 Å². The normalized spacial score (nSPS) is 10.4. The maximum atomic E-state index is 13.6. The van der Waals surface area contributed by atoms with Gasteiger partial charge < -0.3 is 5.32 Å². The molecule has 0 atom stereocenters. The molecule has 0 saturated heterocycles. The van der Waals surface area contributed by atoms with Crippen LogP contribution >= 0.6 is 23.2 Å². The van der Waals surface area contributed by atoms with Crippen LogP contribution in [0.15, 0.2) is 36.4 Å². The van der Waals surface area contributed by atoms with Crippen LogP contribution in [0, 0.1) is 11.6 Å². The molecule has 2 aromatic carbocycles. The van der Waals surface area contributed by atoms with Crippen molar-refractivity contribution in [2.75, 3.05) is 5.32 Å². The summed E-state index contributed by atoms with van der Waals surface area (Å²) in [4.78, 5) is 0. The van der Waals surface area contributed by atoms with Gasteiger partial charge in [-0.2, -0.15) is 0 Å². The van der Waals surface area contributed by atoms with Gasteiger partial charge in [-0.15, -0.1) is 0 Å². The summed E-state index contributed by atoms with van der Waals surface area (Å²) in [6, 6.07) is 9.00. The summed E-state index contributed by atoms with van der Waals surface area (Å²) in [5, 5.41) is 3.04. The van der Waals surface area contributed by atoms with E-state index in [9.17, 15) is 8.78 Å². The summed E-state index contributed by atoms with van der Waals surface area (Å²) in [6.45, 7) is 0.244. The molecule has 0 bridgehead atoms. The first-order chi connectivity index (χ1) is 8.58. The molecule has 0 saturated carbocycles. The fourth-order valence-corrected chi connectivity index (χ4v) is 1.86. The molecular formula is C13H9Cl2F2N. The zero-order valence-corrected chi connectivity index (χ0v) is 10.7. The lowest BCUT2D eigenvalue weighted by Gasteiger charge is -2.08. The summed E-state index contributed by atoms with van der Waals surface area (Å²) in [6.07, 6.45) is 0. The predicted molar refractivity (Wildman–Crippen MR) is 70.1 cm³/mol. The molecule has 1 nitrogen and oxygen atoms in total. The molecule has 94 valence electrons. The Morgan fingerprint density at radius 1 is 1.00 bits per heavy atom. The van der Waals surface area contributed by atoms with Crippen LogP contribution in [-0.2, 0) is 6.54 Å². The van der Waals surface area contributed by atoms with Crippen molar-refractivity contribution in [1.82, 2.24) is 0 Å². The van der Waals surface area contributed by atoms with Crippen LogP contribution in [0.4, 0.5) is 14.5 Å². The van der Waals surface area contributed by atoms with E-state index >= 15 is 0 Å². The molecule has 2 aromatic rings. The molecule has 0 amide bonds. The molecule has 0 aliphatic rings. The molecule has 0 heterocycles. The lowest BCUT2D eigenvalue weighted by atomic mass is 10.2. The fourth-order valence-electron chi connectivity index (χ4n) is 1.49. The molecule has 18 heavy (non-hydrogen) atoms. The van der Waals surface area contributed by atoms with Crippen molar-refractivity contribution < 1.29 is 8.78 Å². The Kier molecular flexibility index (Phi) is 4.04. The second-order valence-corrected chi connectivity index (χ2v) is 4.51. The van der Waals surface area contributed by atoms with Crippen molar-refractivity contribution in [1.29, 1.82) is 0 Å². The number of benzene rings is 2. The lowest BCUT2D eigenvalue weighted by Crippen LogP contribution is -2.02. The van der Waals surface area contributed by atoms with Crippen molar-refractivity contribution in [3.8, 4) is 0 Å². The second-order valence-electron chi connectivity index (χ2n) is 3.70. The highest BCUT2D eigenvalue weighted by molar-refractivity contribution is 6.31. The van der Waals surface area contributed by atoms with E-state index in [2.05, 4.69) is 5.32 Å². The third-order valence-corrected chi connectivity index (χ3v) is 3.02. The van der Waals surface area contributed by atoms with E-state index in [1.54, 1.807) is 12.1 Å². The first kappa shape index (κ1) is 13.1. The first-order valence-corrected chi connectivity index (χ1v) is 5.95. The highest BCUT2D eigenvalue weighted by Gasteiger charge is 2.06. The zero-order chi connectivity index (χ0) is 13.1. The smallest absolute Gasteiger partial charge is 0.146 e. The SMILES string of the molecule is Fc1ccc(NCc2cccc(Cl)c2F)cc1Cl. The van der Waals surface area contributed by atoms with Gasteiger partial charge in [0.1, 0.15) is 11.6 Å². The molecule has 1 N–H and O–H groups in total. The van der Waals surface area contributed by atoms with Gasteiger partial charge in [-0.05, 0) is 24.3 Å². The third kappa shape index (κ3) is 2.92. The van der Waals surface area contributed by atoms with Crippen LogP contribution < -0.4 is 5.32 Å². The highest BCUT2D eigenvalue weighted by Crippen LogP contribution is 2.22. The van der Waals surface area contributed by atoms with Gasteiger partial charge in [0.15, 0.2) is 0 Å². The lowest BCUT2D eigenvalue weighted by molar-refractivity contribution is 0.613. The molecule has 5 heteroatoms. The third-order valence-electron chi connectivity index (χ3n) is 2.43. The first-order valence-electron chi connectivity index (χ1n) is 5.20. The van der Waals surface area contributed by atoms with Crippen molar-refractivity contribution >= 4 is 28.9 Å². The molecule has 0 aromatic heterocycles. The van der Waals surface area contributed by atoms with Gasteiger partial charge in [-0.1, -0.05) is 35.3 Å². The Morgan fingerprint density at radius 3 is 2.50 bits per heavy atom. The number of nitrogens with one attached hydrogen (secondary N) is 1. The monoisotopic (exact) mass is 287 g/mol. The fraction of sp³-hybridized carbons (Fsp3) is 0.0769. The molecule has 0 fully saturated rings. The van der Waals surface area contributed by atoms with Gasteiger partial charge in [0.05, 0.1) is 10.0 Å². The Hall–Kier alpha value is -1.32. The van der Waals surface area contributed by atoms with E-state index in [0.29, 0.717) is 11.3 Å². The van der Waals surface area contributed by atoms with Crippen molar-refractivity contribution in [3.63, 3.8) is 0 Å². The summed E-state index contributed by atoms with van der Waals surface area (Å²) in [5.74, 6) is -0.948. The Bertz CT molecular complexity index is 573. The Morgan fingerprint density at radius 2 is 1.78 bits per heavy atom. The molecule has 0 aliphatic heterocycles. The van der Waals surface area contributed by atoms with Crippen LogP contribution in [0.3, 0.4) is 0 Å². The summed E-state index contributed by atoms with van der Waals surface area (Å²) in [5.41, 5.74) is 1.05. The van der Waals surface area contributed by atoms with Gasteiger partial charge in [0.25, 0.3) is 0 Å². The van der Waals surface area contributed by atoms with Crippen LogP contribution in [-0.4, -0.2) is 0 Å². The summed E-state index contributed by atoms with van der Waals surface area (Å²) < 4.78 is 26.5. The van der Waals surface area contributed by atoms with Crippen LogP contribution in [0.2, 0.25) is 10.0 Å². The molecule has 2 rings (SSSR count). The standard InChI is InChI=1S/C13H9Cl2F2N/c14-10-3-1-2-8(13(10)17)7-18-9-4-5-12(16)11(15)6-9/h1-6,18H,7H2. The van der Waals surface area contributed by atoms with E-state index in [1.807, 2.05) is 0 Å². The average Bonchev–Trinajstić information content (AvgIpc) is 2.35. The highest BCUT2D eigenvalue weighted by atomic mass is 35.5. The summed E-state index contributed by atoms with van der Waals surface area (Å²) >= 11 is 11.3. The number of anilines is 1. The van der Waals surface area contributed by atoms with Crippen molar-refractivity contribution in [2.24, 2.45) is 0 Å². The van der Waals surface area contributed by atoms with Crippen LogP contribution in [0.5, 0.6) is 0 Å². The molecule has 0 spiro atoms. The Balaban J connectivity index is 2.11. The van der Waals surface area contributed by atoms with Crippen molar-refractivity contribution in [3.05, 3.63) is 63.6 Å². The largest absolute Gasteiger partial charge is 0.381 e. The number of halogens is 4. The molecule has 0 radical (unpaired) electrons. The maximum absolute atomic E-state index is 13.6. The second kappa shape index (κ2) is 5.55. The molecule has 0 aliphatic carbocycles. The molecular weight excluding hydrogens is 279 g/mol. The van der Waals surface area contributed by atoms with Crippen LogP contribution in [0.25, 0.3) is 0 Å². The zero-order valence-electron chi connectivity index (χ0n) is 9.18. The van der Waals surface area contributed by atoms with E-state index in [1.165, 1.54) is 24.3 Å². The minimum Gasteiger partial charge on any atom is -0.381 e. The quantitative estimate of drug-likeness (QED) is 0.848. The number of rotatable bonds is 3. The maximum Gasteiger partial charge on any atom is 0.146 e. The average molecular weight is 288 g/mol. The van der Waals surface area contributed by atoms with E-state index < -0.39 is 11.6 Å². The van der Waals surface area contributed by atoms with Gasteiger partial charge >= 0.3 is 0 Å². The summed E-state index contributed by atoms with van der Waals surface area (Å²) in [7, 11) is 0. The molecule has 0 unspecified atom stereocenters. The van der Waals surface area contributed by atoms with Crippen LogP contribution in [0.1, 0.15) is 5.56 Å². The Labute approximate surface area is 113 Å².